The van der Waals surface area contributed by atoms with E-state index in [2.05, 4.69) is 29.9 Å². The molecule has 0 fully saturated rings. The van der Waals surface area contributed by atoms with Crippen LogP contribution in [-0.4, -0.2) is 29.9 Å². The highest BCUT2D eigenvalue weighted by molar-refractivity contribution is 5.69. The van der Waals surface area contributed by atoms with Gasteiger partial charge in [0.1, 0.15) is 0 Å². The van der Waals surface area contributed by atoms with Gasteiger partial charge in [0.2, 0.25) is 0 Å². The molecule has 38 heavy (non-hydrogen) atoms. The lowest BCUT2D eigenvalue weighted by molar-refractivity contribution is 1.18. The Balaban J connectivity index is 1.17. The van der Waals surface area contributed by atoms with Gasteiger partial charge in [-0.1, -0.05) is 36.4 Å². The number of hydrogen-bond donors (Lipinski definition) is 0. The normalized spacial score (nSPS) is 10.9. The molecule has 0 N–H and O–H groups in total. The first-order valence-electron chi connectivity index (χ1n) is 12.4. The molecule has 0 aliphatic heterocycles. The van der Waals surface area contributed by atoms with E-state index in [-0.39, 0.29) is 0 Å². The Kier molecular flexibility index (Phi) is 6.20. The number of hydrogen-bond acceptors (Lipinski definition) is 6. The Bertz CT molecular complexity index is 1560. The third kappa shape index (κ3) is 4.92. The van der Waals surface area contributed by atoms with E-state index in [0.29, 0.717) is 0 Å². The summed E-state index contributed by atoms with van der Waals surface area (Å²) in [4.78, 5) is 27.6. The molecule has 0 atom stereocenters. The summed E-state index contributed by atoms with van der Waals surface area (Å²) in [6.45, 7) is 3.96. The maximum absolute atomic E-state index is 4.65. The summed E-state index contributed by atoms with van der Waals surface area (Å²) in [5.41, 5.74) is 11.0. The van der Waals surface area contributed by atoms with Gasteiger partial charge in [-0.15, -0.1) is 0 Å². The third-order valence-electron chi connectivity index (χ3n) is 6.28. The topological polar surface area (TPSA) is 77.3 Å². The fraction of sp³-hybridized carbons (Fsp3) is 0.0625. The van der Waals surface area contributed by atoms with Crippen LogP contribution in [0.15, 0.2) is 110 Å². The van der Waals surface area contributed by atoms with Crippen molar-refractivity contribution in [3.63, 3.8) is 0 Å². The number of aromatic nitrogens is 6. The first-order chi connectivity index (χ1) is 18.6. The van der Waals surface area contributed by atoms with E-state index in [9.17, 15) is 0 Å². The quantitative estimate of drug-likeness (QED) is 0.258. The molecule has 0 amide bonds. The summed E-state index contributed by atoms with van der Waals surface area (Å²) in [6, 6.07) is 28.0. The molecule has 6 aromatic heterocycles. The van der Waals surface area contributed by atoms with Crippen molar-refractivity contribution in [2.24, 2.45) is 0 Å². The maximum Gasteiger partial charge on any atom is 0.0889 e. The van der Waals surface area contributed by atoms with Gasteiger partial charge in [0, 0.05) is 58.4 Å². The summed E-state index contributed by atoms with van der Waals surface area (Å²) in [6.07, 6.45) is 7.43. The minimum atomic E-state index is 0.813. The van der Waals surface area contributed by atoms with E-state index < -0.39 is 0 Å². The highest BCUT2D eigenvalue weighted by Crippen LogP contribution is 2.26. The molecule has 0 bridgehead atoms. The average molecular weight is 493 g/mol. The lowest BCUT2D eigenvalue weighted by Gasteiger charge is -2.07. The van der Waals surface area contributed by atoms with Crippen LogP contribution < -0.4 is 0 Å². The fourth-order valence-electron chi connectivity index (χ4n) is 4.24. The molecule has 0 aliphatic carbocycles. The first-order valence-corrected chi connectivity index (χ1v) is 12.4. The van der Waals surface area contributed by atoms with Crippen LogP contribution in [0.4, 0.5) is 0 Å². The van der Waals surface area contributed by atoms with Crippen molar-refractivity contribution in [2.75, 3.05) is 0 Å². The highest BCUT2D eigenvalue weighted by atomic mass is 14.8. The molecule has 182 valence electrons. The molecule has 0 unspecified atom stereocenters. The van der Waals surface area contributed by atoms with Crippen molar-refractivity contribution in [1.29, 1.82) is 0 Å². The highest BCUT2D eigenvalue weighted by Gasteiger charge is 2.08. The van der Waals surface area contributed by atoms with Gasteiger partial charge in [-0.3, -0.25) is 29.9 Å². The molecule has 0 spiro atoms. The lowest BCUT2D eigenvalue weighted by Crippen LogP contribution is -1.92. The number of aryl methyl sites for hydroxylation is 2. The Morgan fingerprint density at radius 1 is 0.342 bits per heavy atom. The van der Waals surface area contributed by atoms with E-state index >= 15 is 0 Å². The van der Waals surface area contributed by atoms with Crippen LogP contribution in [0.1, 0.15) is 11.4 Å². The van der Waals surface area contributed by atoms with Crippen molar-refractivity contribution in [1.82, 2.24) is 29.9 Å². The van der Waals surface area contributed by atoms with E-state index in [1.54, 1.807) is 0 Å². The van der Waals surface area contributed by atoms with Gasteiger partial charge in [-0.05, 0) is 62.4 Å². The molecular formula is C32H24N6. The number of rotatable bonds is 5. The van der Waals surface area contributed by atoms with Gasteiger partial charge in [0.25, 0.3) is 0 Å². The standard InChI is InChI=1S/C32H24N6/c1-21-5-3-7-31(37-21)29-15-11-25(19-35-29)23-9-13-27(33-17-23)28-14-10-24(18-34-28)26-12-16-30(36-20-26)32-8-4-6-22(2)38-32/h3-20H,1-2H3. The predicted octanol–water partition coefficient (Wildman–Crippen LogP) is 7.01. The van der Waals surface area contributed by atoms with Crippen molar-refractivity contribution in [3.8, 4) is 56.4 Å². The van der Waals surface area contributed by atoms with Gasteiger partial charge in [0.05, 0.1) is 34.2 Å². The summed E-state index contributed by atoms with van der Waals surface area (Å²) in [5.74, 6) is 0. The molecule has 0 aromatic carbocycles. The van der Waals surface area contributed by atoms with E-state index in [1.807, 2.05) is 124 Å². The summed E-state index contributed by atoms with van der Waals surface area (Å²) in [7, 11) is 0. The van der Waals surface area contributed by atoms with Crippen molar-refractivity contribution in [2.45, 2.75) is 13.8 Å². The molecule has 6 heterocycles. The molecule has 0 saturated heterocycles. The second-order valence-electron chi connectivity index (χ2n) is 9.06. The Morgan fingerprint density at radius 3 is 0.921 bits per heavy atom. The minimum Gasteiger partial charge on any atom is -0.254 e. The van der Waals surface area contributed by atoms with Crippen LogP contribution >= 0.6 is 0 Å². The third-order valence-corrected chi connectivity index (χ3v) is 6.28. The SMILES string of the molecule is Cc1cccc(-c2ccc(-c3ccc(-c4ccc(-c5ccc(-c6cccc(C)n6)nc5)cn4)nc3)cn2)n1. The zero-order valence-corrected chi connectivity index (χ0v) is 21.1. The first kappa shape index (κ1) is 23.3. The molecule has 6 heteroatoms. The van der Waals surface area contributed by atoms with Gasteiger partial charge < -0.3 is 0 Å². The van der Waals surface area contributed by atoms with Crippen LogP contribution in [0.2, 0.25) is 0 Å². The van der Waals surface area contributed by atoms with Crippen LogP contribution in [0.3, 0.4) is 0 Å². The monoisotopic (exact) mass is 492 g/mol. The Labute approximate surface area is 221 Å². The molecule has 6 aromatic rings. The summed E-state index contributed by atoms with van der Waals surface area (Å²) in [5, 5.41) is 0. The van der Waals surface area contributed by atoms with Crippen molar-refractivity contribution in [3.05, 3.63) is 121 Å². The van der Waals surface area contributed by atoms with Crippen LogP contribution in [0.25, 0.3) is 56.4 Å². The number of pyridine rings is 6. The van der Waals surface area contributed by atoms with Gasteiger partial charge in [-0.2, -0.15) is 0 Å². The Morgan fingerprint density at radius 2 is 0.658 bits per heavy atom. The zero-order chi connectivity index (χ0) is 25.9. The fourth-order valence-corrected chi connectivity index (χ4v) is 4.24. The van der Waals surface area contributed by atoms with Crippen molar-refractivity contribution >= 4 is 0 Å². The second-order valence-corrected chi connectivity index (χ2v) is 9.06. The van der Waals surface area contributed by atoms with E-state index in [0.717, 1.165) is 67.8 Å². The van der Waals surface area contributed by atoms with E-state index in [4.69, 9.17) is 0 Å². The maximum atomic E-state index is 4.65. The minimum absolute atomic E-state index is 0.813. The largest absolute Gasteiger partial charge is 0.254 e. The second kappa shape index (κ2) is 10.1. The van der Waals surface area contributed by atoms with Gasteiger partial charge in [-0.25, -0.2) is 0 Å². The van der Waals surface area contributed by atoms with Crippen LogP contribution in [0, 0.1) is 13.8 Å². The summed E-state index contributed by atoms with van der Waals surface area (Å²) < 4.78 is 0. The zero-order valence-electron chi connectivity index (χ0n) is 21.1. The average Bonchev–Trinajstić information content (AvgIpc) is 2.98. The van der Waals surface area contributed by atoms with E-state index in [1.165, 1.54) is 0 Å². The number of nitrogens with zero attached hydrogens (tertiary/aromatic N) is 6. The molecule has 0 aliphatic rings. The molecule has 6 rings (SSSR count). The van der Waals surface area contributed by atoms with Crippen LogP contribution in [-0.2, 0) is 0 Å². The smallest absolute Gasteiger partial charge is 0.0889 e. The summed E-state index contributed by atoms with van der Waals surface area (Å²) >= 11 is 0. The van der Waals surface area contributed by atoms with Gasteiger partial charge >= 0.3 is 0 Å². The molecular weight excluding hydrogens is 468 g/mol. The molecule has 0 radical (unpaired) electrons. The predicted molar refractivity (Wildman–Crippen MR) is 150 cm³/mol. The van der Waals surface area contributed by atoms with Crippen molar-refractivity contribution < 1.29 is 0 Å². The molecule has 0 saturated carbocycles. The Hall–Kier alpha value is -5.10. The van der Waals surface area contributed by atoms with Crippen LogP contribution in [0.5, 0.6) is 0 Å². The van der Waals surface area contributed by atoms with Gasteiger partial charge in [0.15, 0.2) is 0 Å². The lowest BCUT2D eigenvalue weighted by atomic mass is 10.1. The molecule has 6 nitrogen and oxygen atoms in total.